The molecule has 17 heavy (non-hydrogen) atoms. The van der Waals surface area contributed by atoms with Crippen LogP contribution in [0.1, 0.15) is 0 Å². The van der Waals surface area contributed by atoms with Gasteiger partial charge in [0.15, 0.2) is 0 Å². The summed E-state index contributed by atoms with van der Waals surface area (Å²) in [6, 6.07) is 0. The highest BCUT2D eigenvalue weighted by Gasteiger charge is 2.28. The number of carbonyl (C=O) groups is 2. The Bertz CT molecular complexity index is 492. The SMILES string of the molecule is NC(=O)CN(CC(N)=O)S(=O)(=O)c1cn[nH]c1. The van der Waals surface area contributed by atoms with E-state index in [4.69, 9.17) is 11.5 Å². The van der Waals surface area contributed by atoms with Crippen LogP contribution in [0.5, 0.6) is 0 Å². The average molecular weight is 261 g/mol. The standard InChI is InChI=1S/C7H11N5O4S/c8-6(13)3-12(4-7(9)14)17(15,16)5-1-10-11-2-5/h1-2H,3-4H2,(H2,8,13)(H2,9,14)(H,10,11). The first-order valence-electron chi connectivity index (χ1n) is 4.39. The Morgan fingerprint density at radius 2 is 1.82 bits per heavy atom. The van der Waals surface area contributed by atoms with Gasteiger partial charge in [0.2, 0.25) is 21.8 Å². The zero-order valence-electron chi connectivity index (χ0n) is 8.66. The van der Waals surface area contributed by atoms with E-state index in [9.17, 15) is 18.0 Å². The normalized spacial score (nSPS) is 11.6. The fourth-order valence-corrected chi connectivity index (χ4v) is 2.38. The highest BCUT2D eigenvalue weighted by molar-refractivity contribution is 7.89. The summed E-state index contributed by atoms with van der Waals surface area (Å²) in [7, 11) is -4.01. The molecule has 1 aromatic heterocycles. The molecule has 1 aromatic rings. The smallest absolute Gasteiger partial charge is 0.247 e. The molecule has 9 nitrogen and oxygen atoms in total. The molecule has 2 amide bonds. The van der Waals surface area contributed by atoms with Gasteiger partial charge in [-0.2, -0.15) is 9.40 Å². The van der Waals surface area contributed by atoms with Crippen LogP contribution in [-0.4, -0.2) is 47.8 Å². The van der Waals surface area contributed by atoms with Crippen molar-refractivity contribution in [3.05, 3.63) is 12.4 Å². The highest BCUT2D eigenvalue weighted by atomic mass is 32.2. The van der Waals surface area contributed by atoms with Crippen LogP contribution in [0.25, 0.3) is 0 Å². The molecule has 0 aliphatic rings. The van der Waals surface area contributed by atoms with E-state index in [1.807, 2.05) is 0 Å². The van der Waals surface area contributed by atoms with Crippen LogP contribution in [0.4, 0.5) is 0 Å². The van der Waals surface area contributed by atoms with E-state index in [-0.39, 0.29) is 4.90 Å². The van der Waals surface area contributed by atoms with Crippen LogP contribution in [0, 0.1) is 0 Å². The molecule has 0 atom stereocenters. The predicted octanol–water partition coefficient (Wildman–Crippen LogP) is -2.63. The lowest BCUT2D eigenvalue weighted by atomic mass is 10.5. The van der Waals surface area contributed by atoms with Crippen molar-refractivity contribution in [2.24, 2.45) is 11.5 Å². The number of nitrogens with two attached hydrogens (primary N) is 2. The maximum atomic E-state index is 11.9. The first kappa shape index (κ1) is 13.1. The Hall–Kier alpha value is -1.94. The monoisotopic (exact) mass is 261 g/mol. The number of hydrogen-bond acceptors (Lipinski definition) is 5. The van der Waals surface area contributed by atoms with Gasteiger partial charge in [-0.3, -0.25) is 14.7 Å². The number of rotatable bonds is 6. The number of aromatic nitrogens is 2. The number of primary amides is 2. The molecule has 0 aliphatic heterocycles. The zero-order valence-corrected chi connectivity index (χ0v) is 9.48. The fraction of sp³-hybridized carbons (Fsp3) is 0.286. The number of hydrogen-bond donors (Lipinski definition) is 3. The Kier molecular flexibility index (Phi) is 3.81. The maximum Gasteiger partial charge on any atom is 0.247 e. The quantitative estimate of drug-likeness (QED) is 0.511. The van der Waals surface area contributed by atoms with Gasteiger partial charge in [0.25, 0.3) is 0 Å². The van der Waals surface area contributed by atoms with E-state index in [2.05, 4.69) is 10.2 Å². The van der Waals surface area contributed by atoms with E-state index < -0.39 is 34.9 Å². The summed E-state index contributed by atoms with van der Waals surface area (Å²) in [4.78, 5) is 21.3. The summed E-state index contributed by atoms with van der Waals surface area (Å²) in [6.45, 7) is -1.26. The number of nitrogens with zero attached hydrogens (tertiary/aromatic N) is 2. The van der Waals surface area contributed by atoms with Crippen LogP contribution in [-0.2, 0) is 19.6 Å². The van der Waals surface area contributed by atoms with Crippen LogP contribution in [0.2, 0.25) is 0 Å². The van der Waals surface area contributed by atoms with Crippen molar-refractivity contribution in [1.82, 2.24) is 14.5 Å². The molecule has 0 unspecified atom stereocenters. The van der Waals surface area contributed by atoms with Crippen molar-refractivity contribution in [3.63, 3.8) is 0 Å². The number of aromatic amines is 1. The van der Waals surface area contributed by atoms with Gasteiger partial charge in [-0.15, -0.1) is 0 Å². The first-order chi connectivity index (χ1) is 7.84. The lowest BCUT2D eigenvalue weighted by Gasteiger charge is -2.17. The largest absolute Gasteiger partial charge is 0.369 e. The molecule has 0 spiro atoms. The van der Waals surface area contributed by atoms with Gasteiger partial charge in [-0.1, -0.05) is 0 Å². The highest BCUT2D eigenvalue weighted by Crippen LogP contribution is 2.12. The second-order valence-electron chi connectivity index (χ2n) is 3.14. The van der Waals surface area contributed by atoms with Gasteiger partial charge in [-0.05, 0) is 0 Å². The van der Waals surface area contributed by atoms with Gasteiger partial charge in [0.05, 0.1) is 19.3 Å². The third kappa shape index (κ3) is 3.26. The number of amides is 2. The third-order valence-electron chi connectivity index (χ3n) is 1.78. The third-order valence-corrected chi connectivity index (χ3v) is 3.53. The number of carbonyl (C=O) groups excluding carboxylic acids is 2. The second kappa shape index (κ2) is 4.93. The molecule has 0 saturated heterocycles. The average Bonchev–Trinajstić information content (AvgIpc) is 2.68. The van der Waals surface area contributed by atoms with Crippen molar-refractivity contribution in [2.45, 2.75) is 4.90 Å². The summed E-state index contributed by atoms with van der Waals surface area (Å²) in [5.41, 5.74) is 9.80. The molecule has 94 valence electrons. The van der Waals surface area contributed by atoms with Crippen molar-refractivity contribution in [1.29, 1.82) is 0 Å². The minimum atomic E-state index is -4.01. The number of H-pyrrole nitrogens is 1. The summed E-state index contributed by atoms with van der Waals surface area (Å²) < 4.78 is 24.4. The van der Waals surface area contributed by atoms with E-state index in [1.54, 1.807) is 0 Å². The molecule has 0 aromatic carbocycles. The van der Waals surface area contributed by atoms with E-state index in [0.717, 1.165) is 12.4 Å². The summed E-state index contributed by atoms with van der Waals surface area (Å²) >= 11 is 0. The van der Waals surface area contributed by atoms with E-state index in [0.29, 0.717) is 4.31 Å². The Morgan fingerprint density at radius 3 is 2.18 bits per heavy atom. The summed E-state index contributed by atoms with van der Waals surface area (Å²) in [5, 5.41) is 5.78. The van der Waals surface area contributed by atoms with Crippen LogP contribution < -0.4 is 11.5 Å². The van der Waals surface area contributed by atoms with Gasteiger partial charge in [0.1, 0.15) is 4.90 Å². The molecule has 0 fully saturated rings. The molecule has 1 rings (SSSR count). The Balaban J connectivity index is 3.04. The fourth-order valence-electron chi connectivity index (χ4n) is 1.10. The lowest BCUT2D eigenvalue weighted by Crippen LogP contribution is -2.43. The predicted molar refractivity (Wildman–Crippen MR) is 55.7 cm³/mol. The van der Waals surface area contributed by atoms with E-state index >= 15 is 0 Å². The second-order valence-corrected chi connectivity index (χ2v) is 5.08. The molecule has 0 saturated carbocycles. The number of nitrogens with one attached hydrogen (secondary N) is 1. The van der Waals surface area contributed by atoms with Gasteiger partial charge in [-0.25, -0.2) is 8.42 Å². The Labute approximate surface area is 96.8 Å². The van der Waals surface area contributed by atoms with E-state index in [1.165, 1.54) is 0 Å². The minimum Gasteiger partial charge on any atom is -0.369 e. The van der Waals surface area contributed by atoms with Gasteiger partial charge >= 0.3 is 0 Å². The number of sulfonamides is 1. The van der Waals surface area contributed by atoms with Crippen molar-refractivity contribution in [2.75, 3.05) is 13.1 Å². The molecule has 0 aliphatic carbocycles. The molecule has 0 radical (unpaired) electrons. The molecule has 5 N–H and O–H groups in total. The van der Waals surface area contributed by atoms with Crippen molar-refractivity contribution >= 4 is 21.8 Å². The van der Waals surface area contributed by atoms with Crippen LogP contribution >= 0.6 is 0 Å². The molecular weight excluding hydrogens is 250 g/mol. The van der Waals surface area contributed by atoms with Crippen LogP contribution in [0.15, 0.2) is 17.3 Å². The Morgan fingerprint density at radius 1 is 1.29 bits per heavy atom. The summed E-state index contributed by atoms with van der Waals surface area (Å²) in [6.07, 6.45) is 2.16. The first-order valence-corrected chi connectivity index (χ1v) is 5.83. The van der Waals surface area contributed by atoms with Gasteiger partial charge in [0, 0.05) is 6.20 Å². The molecule has 1 heterocycles. The van der Waals surface area contributed by atoms with Crippen molar-refractivity contribution < 1.29 is 18.0 Å². The van der Waals surface area contributed by atoms with Crippen LogP contribution in [0.3, 0.4) is 0 Å². The maximum absolute atomic E-state index is 11.9. The molecule has 10 heteroatoms. The summed E-state index contributed by atoms with van der Waals surface area (Å²) in [5.74, 6) is -1.78. The molecular formula is C7H11N5O4S. The topological polar surface area (TPSA) is 152 Å². The van der Waals surface area contributed by atoms with Crippen molar-refractivity contribution in [3.8, 4) is 0 Å². The zero-order chi connectivity index (χ0) is 13.1. The minimum absolute atomic E-state index is 0.181. The lowest BCUT2D eigenvalue weighted by molar-refractivity contribution is -0.120. The van der Waals surface area contributed by atoms with Gasteiger partial charge < -0.3 is 11.5 Å². The molecule has 0 bridgehead atoms.